The Hall–Kier alpha value is -2.55. The van der Waals surface area contributed by atoms with E-state index in [-0.39, 0.29) is 11.7 Å². The molecular formula is C21H22ClN3O2. The van der Waals surface area contributed by atoms with Crippen LogP contribution in [0, 0.1) is 25.2 Å². The fourth-order valence-corrected chi connectivity index (χ4v) is 3.41. The Bertz CT molecular complexity index is 901. The molecule has 0 unspecified atom stereocenters. The maximum atomic E-state index is 12.5. The monoisotopic (exact) mass is 383 g/mol. The van der Waals surface area contributed by atoms with E-state index in [2.05, 4.69) is 9.88 Å². The first-order chi connectivity index (χ1) is 13.0. The van der Waals surface area contributed by atoms with Crippen molar-refractivity contribution in [1.29, 1.82) is 5.26 Å². The highest BCUT2D eigenvalue weighted by Gasteiger charge is 2.19. The number of nitrogens with zero attached hydrogens (tertiary/aromatic N) is 2. The molecule has 1 aromatic carbocycles. The zero-order chi connectivity index (χ0) is 19.4. The average Bonchev–Trinajstić information content (AvgIpc) is 3.25. The first kappa shape index (κ1) is 19.2. The van der Waals surface area contributed by atoms with Gasteiger partial charge in [0, 0.05) is 35.2 Å². The molecule has 140 valence electrons. The van der Waals surface area contributed by atoms with Crippen molar-refractivity contribution in [2.45, 2.75) is 39.3 Å². The lowest BCUT2D eigenvalue weighted by Gasteiger charge is -2.14. The van der Waals surface area contributed by atoms with Crippen molar-refractivity contribution in [2.75, 3.05) is 11.9 Å². The molecule has 1 atom stereocenters. The van der Waals surface area contributed by atoms with E-state index in [1.54, 1.807) is 30.3 Å². The van der Waals surface area contributed by atoms with E-state index in [0.717, 1.165) is 42.9 Å². The molecule has 2 aromatic rings. The molecular weight excluding hydrogens is 362 g/mol. The van der Waals surface area contributed by atoms with Crippen molar-refractivity contribution in [2.24, 2.45) is 0 Å². The second-order valence-corrected chi connectivity index (χ2v) is 7.14. The van der Waals surface area contributed by atoms with Gasteiger partial charge >= 0.3 is 0 Å². The van der Waals surface area contributed by atoms with E-state index in [0.29, 0.717) is 10.7 Å². The molecule has 0 radical (unpaired) electrons. The Balaban J connectivity index is 1.79. The van der Waals surface area contributed by atoms with Gasteiger partial charge in [-0.2, -0.15) is 5.26 Å². The molecule has 2 heterocycles. The molecule has 1 aliphatic heterocycles. The average molecular weight is 384 g/mol. The first-order valence-electron chi connectivity index (χ1n) is 8.95. The molecule has 1 aromatic heterocycles. The maximum Gasteiger partial charge on any atom is 0.266 e. The van der Waals surface area contributed by atoms with Crippen LogP contribution >= 0.6 is 11.6 Å². The van der Waals surface area contributed by atoms with E-state index >= 15 is 0 Å². The summed E-state index contributed by atoms with van der Waals surface area (Å²) in [5.74, 6) is -0.441. The minimum atomic E-state index is -0.441. The molecule has 0 aliphatic carbocycles. The minimum Gasteiger partial charge on any atom is -0.376 e. The summed E-state index contributed by atoms with van der Waals surface area (Å²) in [6.07, 6.45) is 4.03. The number of carbonyl (C=O) groups is 1. The van der Waals surface area contributed by atoms with Crippen molar-refractivity contribution in [3.63, 3.8) is 0 Å². The van der Waals surface area contributed by atoms with Gasteiger partial charge in [-0.25, -0.2) is 0 Å². The summed E-state index contributed by atoms with van der Waals surface area (Å²) in [6.45, 7) is 5.64. The molecule has 0 bridgehead atoms. The summed E-state index contributed by atoms with van der Waals surface area (Å²) >= 11 is 5.85. The van der Waals surface area contributed by atoms with Gasteiger partial charge in [-0.05, 0) is 68.7 Å². The number of amides is 1. The Morgan fingerprint density at radius 2 is 2.15 bits per heavy atom. The largest absolute Gasteiger partial charge is 0.376 e. The van der Waals surface area contributed by atoms with Gasteiger partial charge in [-0.15, -0.1) is 0 Å². The molecule has 5 nitrogen and oxygen atoms in total. The van der Waals surface area contributed by atoms with Crippen LogP contribution < -0.4 is 5.32 Å². The number of hydrogen-bond acceptors (Lipinski definition) is 3. The van der Waals surface area contributed by atoms with E-state index in [1.807, 2.05) is 26.0 Å². The van der Waals surface area contributed by atoms with Crippen LogP contribution in [0.1, 0.15) is 29.8 Å². The Morgan fingerprint density at radius 1 is 1.41 bits per heavy atom. The van der Waals surface area contributed by atoms with Crippen LogP contribution in [-0.2, 0) is 16.1 Å². The number of benzene rings is 1. The second kappa shape index (κ2) is 8.43. The number of rotatable bonds is 5. The molecule has 6 heteroatoms. The maximum absolute atomic E-state index is 12.5. The summed E-state index contributed by atoms with van der Waals surface area (Å²) in [4.78, 5) is 12.5. The number of carbonyl (C=O) groups excluding carboxylic acids is 1. The van der Waals surface area contributed by atoms with Gasteiger partial charge in [-0.1, -0.05) is 11.6 Å². The van der Waals surface area contributed by atoms with Gasteiger partial charge in [-0.3, -0.25) is 4.79 Å². The topological polar surface area (TPSA) is 67.0 Å². The highest BCUT2D eigenvalue weighted by atomic mass is 35.5. The van der Waals surface area contributed by atoms with Gasteiger partial charge in [0.05, 0.1) is 6.10 Å². The highest BCUT2D eigenvalue weighted by molar-refractivity contribution is 6.30. The van der Waals surface area contributed by atoms with E-state index < -0.39 is 5.91 Å². The van der Waals surface area contributed by atoms with Crippen LogP contribution in [0.3, 0.4) is 0 Å². The van der Waals surface area contributed by atoms with Gasteiger partial charge in [0.1, 0.15) is 11.6 Å². The summed E-state index contributed by atoms with van der Waals surface area (Å²) in [5.41, 5.74) is 3.63. The molecule has 1 aliphatic rings. The summed E-state index contributed by atoms with van der Waals surface area (Å²) in [5, 5.41) is 12.8. The van der Waals surface area contributed by atoms with Crippen LogP contribution in [0.2, 0.25) is 5.02 Å². The lowest BCUT2D eigenvalue weighted by molar-refractivity contribution is -0.112. The quantitative estimate of drug-likeness (QED) is 0.611. The third-order valence-electron chi connectivity index (χ3n) is 4.79. The first-order valence-corrected chi connectivity index (χ1v) is 9.33. The van der Waals surface area contributed by atoms with Crippen molar-refractivity contribution in [1.82, 2.24) is 4.57 Å². The van der Waals surface area contributed by atoms with E-state index in [1.165, 1.54) is 0 Å². The number of nitriles is 1. The Kier molecular flexibility index (Phi) is 6.00. The van der Waals surface area contributed by atoms with Gasteiger partial charge in [0.25, 0.3) is 5.91 Å². The normalized spacial score (nSPS) is 17.0. The number of nitrogens with one attached hydrogen (secondary N) is 1. The van der Waals surface area contributed by atoms with Crippen molar-refractivity contribution in [3.8, 4) is 6.07 Å². The molecule has 1 N–H and O–H groups in total. The van der Waals surface area contributed by atoms with Crippen molar-refractivity contribution < 1.29 is 9.53 Å². The minimum absolute atomic E-state index is 0.0577. The van der Waals surface area contributed by atoms with Crippen LogP contribution in [0.4, 0.5) is 5.69 Å². The summed E-state index contributed by atoms with van der Waals surface area (Å²) in [7, 11) is 0. The SMILES string of the molecule is Cc1cc(/C=C(\C#N)C(=O)Nc2ccc(Cl)cc2)c(C)n1C[C@@H]1CCCO1. The summed E-state index contributed by atoms with van der Waals surface area (Å²) < 4.78 is 7.92. The van der Waals surface area contributed by atoms with Gasteiger partial charge < -0.3 is 14.6 Å². The molecule has 1 saturated heterocycles. The third-order valence-corrected chi connectivity index (χ3v) is 5.04. The molecule has 27 heavy (non-hydrogen) atoms. The van der Waals surface area contributed by atoms with E-state index in [4.69, 9.17) is 16.3 Å². The fraction of sp³-hybridized carbons (Fsp3) is 0.333. The Labute approximate surface area is 164 Å². The number of aromatic nitrogens is 1. The fourth-order valence-electron chi connectivity index (χ4n) is 3.28. The van der Waals surface area contributed by atoms with Crippen LogP contribution in [0.15, 0.2) is 35.9 Å². The molecule has 1 amide bonds. The lowest BCUT2D eigenvalue weighted by atomic mass is 10.1. The van der Waals surface area contributed by atoms with Gasteiger partial charge in [0.2, 0.25) is 0 Å². The predicted molar refractivity (Wildman–Crippen MR) is 107 cm³/mol. The summed E-state index contributed by atoms with van der Waals surface area (Å²) in [6, 6.07) is 10.8. The van der Waals surface area contributed by atoms with E-state index in [9.17, 15) is 10.1 Å². The molecule has 3 rings (SSSR count). The zero-order valence-electron chi connectivity index (χ0n) is 15.5. The second-order valence-electron chi connectivity index (χ2n) is 6.70. The van der Waals surface area contributed by atoms with Crippen LogP contribution in [0.5, 0.6) is 0 Å². The smallest absolute Gasteiger partial charge is 0.266 e. The highest BCUT2D eigenvalue weighted by Crippen LogP contribution is 2.22. The Morgan fingerprint density at radius 3 is 2.78 bits per heavy atom. The number of halogens is 1. The van der Waals surface area contributed by atoms with Crippen molar-refractivity contribution in [3.05, 3.63) is 57.9 Å². The van der Waals surface area contributed by atoms with Crippen LogP contribution in [-0.4, -0.2) is 23.2 Å². The van der Waals surface area contributed by atoms with Gasteiger partial charge in [0.15, 0.2) is 0 Å². The lowest BCUT2D eigenvalue weighted by Crippen LogP contribution is -2.17. The molecule has 0 saturated carbocycles. The zero-order valence-corrected chi connectivity index (χ0v) is 16.2. The number of ether oxygens (including phenoxy) is 1. The van der Waals surface area contributed by atoms with Crippen LogP contribution in [0.25, 0.3) is 6.08 Å². The predicted octanol–water partition coefficient (Wildman–Crippen LogP) is 4.48. The standard InChI is InChI=1S/C21H22ClN3O2/c1-14-10-16(15(2)25(14)13-20-4-3-9-27-20)11-17(12-23)21(26)24-19-7-5-18(22)6-8-19/h5-8,10-11,20H,3-4,9,13H2,1-2H3,(H,24,26)/b17-11+/t20-/m0/s1. The number of anilines is 1. The molecule has 1 fully saturated rings. The third kappa shape index (κ3) is 4.60. The van der Waals surface area contributed by atoms with Crippen molar-refractivity contribution >= 4 is 29.3 Å². The number of aryl methyl sites for hydroxylation is 1. The molecule has 0 spiro atoms. The number of hydrogen-bond donors (Lipinski definition) is 1.